The smallest absolute Gasteiger partial charge is 0.150 e. The summed E-state index contributed by atoms with van der Waals surface area (Å²) in [5.74, 6) is 0.635. The quantitative estimate of drug-likeness (QED) is 0.768. The van der Waals surface area contributed by atoms with Gasteiger partial charge in [-0.2, -0.15) is 0 Å². The van der Waals surface area contributed by atoms with Crippen LogP contribution in [-0.4, -0.2) is 45.2 Å². The molecule has 5 heteroatoms. The minimum atomic E-state index is -2.85. The molecule has 1 fully saturated rings. The van der Waals surface area contributed by atoms with Crippen LogP contribution >= 0.6 is 0 Å². The van der Waals surface area contributed by atoms with Crippen molar-refractivity contribution >= 4 is 9.84 Å². The van der Waals surface area contributed by atoms with Crippen LogP contribution in [-0.2, 0) is 14.6 Å². The third kappa shape index (κ3) is 5.24. The van der Waals surface area contributed by atoms with Crippen LogP contribution in [0.3, 0.4) is 0 Å². The summed E-state index contributed by atoms with van der Waals surface area (Å²) < 4.78 is 29.0. The fourth-order valence-electron chi connectivity index (χ4n) is 2.34. The molecule has 0 radical (unpaired) electrons. The van der Waals surface area contributed by atoms with Gasteiger partial charge >= 0.3 is 0 Å². The molecule has 18 heavy (non-hydrogen) atoms. The summed E-state index contributed by atoms with van der Waals surface area (Å²) in [4.78, 5) is 0. The van der Waals surface area contributed by atoms with E-state index in [1.165, 1.54) is 0 Å². The molecule has 1 rings (SSSR count). The molecule has 0 aromatic rings. The van der Waals surface area contributed by atoms with Gasteiger partial charge in [0.1, 0.15) is 0 Å². The van der Waals surface area contributed by atoms with Gasteiger partial charge in [0.15, 0.2) is 9.84 Å². The fraction of sp³-hybridized carbons (Fsp3) is 1.00. The largest absolute Gasteiger partial charge is 0.379 e. The maximum atomic E-state index is 11.7. The van der Waals surface area contributed by atoms with Crippen molar-refractivity contribution in [3.05, 3.63) is 0 Å². The van der Waals surface area contributed by atoms with E-state index in [1.807, 2.05) is 13.8 Å². The lowest BCUT2D eigenvalue weighted by Crippen LogP contribution is -2.39. The summed E-state index contributed by atoms with van der Waals surface area (Å²) >= 11 is 0. The zero-order chi connectivity index (χ0) is 13.8. The van der Waals surface area contributed by atoms with E-state index in [0.29, 0.717) is 24.2 Å². The number of rotatable bonds is 7. The van der Waals surface area contributed by atoms with Crippen LogP contribution in [0.15, 0.2) is 0 Å². The Hall–Kier alpha value is -0.130. The topological polar surface area (TPSA) is 55.4 Å². The lowest BCUT2D eigenvalue weighted by Gasteiger charge is -2.29. The number of hydrogen-bond acceptors (Lipinski definition) is 4. The molecule has 0 aliphatic carbocycles. The summed E-state index contributed by atoms with van der Waals surface area (Å²) in [6, 6.07) is 0.385. The molecule has 1 heterocycles. The Morgan fingerprint density at radius 1 is 1.28 bits per heavy atom. The summed E-state index contributed by atoms with van der Waals surface area (Å²) in [6.45, 7) is 9.59. The maximum absolute atomic E-state index is 11.7. The van der Waals surface area contributed by atoms with Gasteiger partial charge in [0, 0.05) is 19.2 Å². The summed E-state index contributed by atoms with van der Waals surface area (Å²) in [5, 5.41) is 3.38. The molecular formula is C13H27NO3S. The van der Waals surface area contributed by atoms with Crippen molar-refractivity contribution < 1.29 is 13.2 Å². The summed E-state index contributed by atoms with van der Waals surface area (Å²) in [6.07, 6.45) is 1.79. The molecule has 1 unspecified atom stereocenters. The van der Waals surface area contributed by atoms with E-state index in [-0.39, 0.29) is 11.5 Å². The predicted molar refractivity (Wildman–Crippen MR) is 74.5 cm³/mol. The van der Waals surface area contributed by atoms with Crippen molar-refractivity contribution in [3.8, 4) is 0 Å². The second-order valence-corrected chi connectivity index (χ2v) is 8.23. The van der Waals surface area contributed by atoms with Crippen LogP contribution < -0.4 is 5.32 Å². The van der Waals surface area contributed by atoms with Gasteiger partial charge in [-0.25, -0.2) is 8.42 Å². The van der Waals surface area contributed by atoms with E-state index in [4.69, 9.17) is 4.74 Å². The standard InChI is InChI=1S/C13H27NO3S/c1-11(2)14-9-13(5-7-17-12(3)4)6-8-18(15,16)10-13/h11-12,14H,5-10H2,1-4H3. The maximum Gasteiger partial charge on any atom is 0.150 e. The van der Waals surface area contributed by atoms with Gasteiger partial charge in [-0.05, 0) is 32.1 Å². The van der Waals surface area contributed by atoms with Crippen molar-refractivity contribution in [2.24, 2.45) is 5.41 Å². The number of ether oxygens (including phenoxy) is 1. The van der Waals surface area contributed by atoms with Gasteiger partial charge in [0.05, 0.1) is 17.6 Å². The zero-order valence-corrected chi connectivity index (χ0v) is 12.8. The predicted octanol–water partition coefficient (Wildman–Crippen LogP) is 1.60. The van der Waals surface area contributed by atoms with Crippen LogP contribution in [0.5, 0.6) is 0 Å². The molecule has 0 spiro atoms. The molecule has 1 aliphatic heterocycles. The van der Waals surface area contributed by atoms with Gasteiger partial charge < -0.3 is 10.1 Å². The highest BCUT2D eigenvalue weighted by Gasteiger charge is 2.41. The van der Waals surface area contributed by atoms with E-state index >= 15 is 0 Å². The Labute approximate surface area is 111 Å². The van der Waals surface area contributed by atoms with Crippen molar-refractivity contribution in [1.82, 2.24) is 5.32 Å². The number of sulfone groups is 1. The van der Waals surface area contributed by atoms with Gasteiger partial charge in [-0.1, -0.05) is 13.8 Å². The highest BCUT2D eigenvalue weighted by Crippen LogP contribution is 2.35. The SMILES string of the molecule is CC(C)NCC1(CCOC(C)C)CCS(=O)(=O)C1. The van der Waals surface area contributed by atoms with E-state index in [2.05, 4.69) is 19.2 Å². The van der Waals surface area contributed by atoms with Crippen LogP contribution in [0, 0.1) is 5.41 Å². The van der Waals surface area contributed by atoms with Gasteiger partial charge in [-0.3, -0.25) is 0 Å². The molecule has 0 bridgehead atoms. The van der Waals surface area contributed by atoms with Crippen molar-refractivity contribution in [1.29, 1.82) is 0 Å². The second kappa shape index (κ2) is 6.35. The summed E-state index contributed by atoms with van der Waals surface area (Å²) in [7, 11) is -2.85. The Morgan fingerprint density at radius 3 is 2.39 bits per heavy atom. The van der Waals surface area contributed by atoms with Crippen LogP contribution in [0.2, 0.25) is 0 Å². The Morgan fingerprint density at radius 2 is 1.94 bits per heavy atom. The lowest BCUT2D eigenvalue weighted by molar-refractivity contribution is 0.0549. The molecule has 0 saturated carbocycles. The fourth-order valence-corrected chi connectivity index (χ4v) is 4.55. The lowest BCUT2D eigenvalue weighted by atomic mass is 9.84. The first kappa shape index (κ1) is 15.9. The minimum absolute atomic E-state index is 0.127. The highest BCUT2D eigenvalue weighted by molar-refractivity contribution is 7.91. The van der Waals surface area contributed by atoms with Crippen LogP contribution in [0.1, 0.15) is 40.5 Å². The molecule has 1 saturated heterocycles. The van der Waals surface area contributed by atoms with E-state index in [9.17, 15) is 8.42 Å². The molecule has 0 aromatic carbocycles. The van der Waals surface area contributed by atoms with Crippen molar-refractivity contribution in [2.75, 3.05) is 24.7 Å². The van der Waals surface area contributed by atoms with Gasteiger partial charge in [-0.15, -0.1) is 0 Å². The first-order valence-electron chi connectivity index (χ1n) is 6.80. The average Bonchev–Trinajstić information content (AvgIpc) is 2.52. The van der Waals surface area contributed by atoms with Crippen LogP contribution in [0.4, 0.5) is 0 Å². The third-order valence-electron chi connectivity index (χ3n) is 3.44. The average molecular weight is 277 g/mol. The van der Waals surface area contributed by atoms with E-state index in [1.54, 1.807) is 0 Å². The zero-order valence-electron chi connectivity index (χ0n) is 12.0. The molecule has 1 aliphatic rings. The third-order valence-corrected chi connectivity index (χ3v) is 5.32. The van der Waals surface area contributed by atoms with Crippen LogP contribution in [0.25, 0.3) is 0 Å². The normalized spacial score (nSPS) is 27.2. The molecule has 0 aromatic heterocycles. The summed E-state index contributed by atoms with van der Waals surface area (Å²) in [5.41, 5.74) is -0.127. The molecule has 1 atom stereocenters. The minimum Gasteiger partial charge on any atom is -0.379 e. The Bertz CT molecular complexity index is 351. The molecule has 4 nitrogen and oxygen atoms in total. The molecule has 0 amide bonds. The van der Waals surface area contributed by atoms with Gasteiger partial charge in [0.25, 0.3) is 0 Å². The Balaban J connectivity index is 2.58. The van der Waals surface area contributed by atoms with Crippen molar-refractivity contribution in [3.63, 3.8) is 0 Å². The number of nitrogens with one attached hydrogen (secondary N) is 1. The van der Waals surface area contributed by atoms with E-state index < -0.39 is 9.84 Å². The van der Waals surface area contributed by atoms with E-state index in [0.717, 1.165) is 19.4 Å². The monoisotopic (exact) mass is 277 g/mol. The first-order chi connectivity index (χ1) is 8.25. The molecular weight excluding hydrogens is 250 g/mol. The Kier molecular flexibility index (Phi) is 5.62. The van der Waals surface area contributed by atoms with Gasteiger partial charge in [0.2, 0.25) is 0 Å². The highest BCUT2D eigenvalue weighted by atomic mass is 32.2. The van der Waals surface area contributed by atoms with Crippen molar-refractivity contribution in [2.45, 2.75) is 52.7 Å². The molecule has 1 N–H and O–H groups in total. The second-order valence-electron chi connectivity index (χ2n) is 6.05. The first-order valence-corrected chi connectivity index (χ1v) is 8.62. The number of hydrogen-bond donors (Lipinski definition) is 1. The molecule has 108 valence electrons.